The van der Waals surface area contributed by atoms with Crippen LogP contribution in [0.2, 0.25) is 12.1 Å². The number of oxazole rings is 1. The van der Waals surface area contributed by atoms with Gasteiger partial charge in [-0.1, -0.05) is 19.1 Å². The maximum atomic E-state index is 11.2. The minimum atomic E-state index is -1.94. The molecule has 0 radical (unpaired) electrons. The third-order valence-electron chi connectivity index (χ3n) is 6.03. The summed E-state index contributed by atoms with van der Waals surface area (Å²) in [6, 6.07) is 14.1. The summed E-state index contributed by atoms with van der Waals surface area (Å²) in [5.41, 5.74) is 3.68. The molecule has 152 valence electrons. The van der Waals surface area contributed by atoms with Gasteiger partial charge < -0.3 is 13.7 Å². The molecule has 0 N–H and O–H groups in total. The number of carbonyl (C=O) groups is 1. The fourth-order valence-corrected chi connectivity index (χ4v) is 9.89. The second kappa shape index (κ2) is 6.91. The fourth-order valence-electron chi connectivity index (χ4n) is 4.71. The topological polar surface area (TPSA) is 83.0 Å². The number of rotatable bonds is 5. The van der Waals surface area contributed by atoms with Crippen LogP contribution in [0.4, 0.5) is 0 Å². The zero-order valence-corrected chi connectivity index (χ0v) is 18.1. The smallest absolute Gasteiger partial charge is 0.227 e. The third kappa shape index (κ3) is 2.79. The van der Waals surface area contributed by atoms with E-state index in [1.54, 1.807) is 25.6 Å². The molecular weight excluding hydrogens is 396 g/mol. The van der Waals surface area contributed by atoms with Crippen LogP contribution >= 0.6 is 0 Å². The van der Waals surface area contributed by atoms with E-state index in [0.29, 0.717) is 34.2 Å². The van der Waals surface area contributed by atoms with E-state index < -0.39 is 8.07 Å². The van der Waals surface area contributed by atoms with Crippen LogP contribution < -0.4 is 15.4 Å². The number of benzene rings is 2. The van der Waals surface area contributed by atoms with Gasteiger partial charge in [0.15, 0.2) is 19.4 Å². The molecule has 0 aliphatic carbocycles. The number of methoxy groups -OCH3 is 1. The van der Waals surface area contributed by atoms with Crippen molar-refractivity contribution in [2.75, 3.05) is 7.11 Å². The first-order chi connectivity index (χ1) is 14.5. The number of aromatic nitrogens is 4. The summed E-state index contributed by atoms with van der Waals surface area (Å²) in [6.07, 6.45) is 2.57. The Morgan fingerprint density at radius 3 is 2.77 bits per heavy atom. The number of hydrogen-bond acceptors (Lipinski definition) is 6. The Bertz CT molecular complexity index is 1260. The highest BCUT2D eigenvalue weighted by Gasteiger charge is 2.50. The highest BCUT2D eigenvalue weighted by Crippen LogP contribution is 2.38. The van der Waals surface area contributed by atoms with Gasteiger partial charge in [-0.2, -0.15) is 0 Å². The lowest BCUT2D eigenvalue weighted by atomic mass is 10.2. The van der Waals surface area contributed by atoms with Crippen LogP contribution in [0.5, 0.6) is 5.75 Å². The van der Waals surface area contributed by atoms with E-state index in [2.05, 4.69) is 44.9 Å². The molecule has 1 aliphatic heterocycles. The van der Waals surface area contributed by atoms with Gasteiger partial charge in [0.25, 0.3) is 0 Å². The van der Waals surface area contributed by atoms with Gasteiger partial charge in [0.05, 0.1) is 7.11 Å². The quantitative estimate of drug-likeness (QED) is 0.366. The molecule has 0 atom stereocenters. The minimum absolute atomic E-state index is 0.502. The van der Waals surface area contributed by atoms with Crippen molar-refractivity contribution < 1.29 is 13.9 Å². The number of hydrogen-bond donors (Lipinski definition) is 0. The number of carbonyl (C=O) groups excluding carboxylic acids is 1. The highest BCUT2D eigenvalue weighted by atomic mass is 28.3. The van der Waals surface area contributed by atoms with E-state index in [1.807, 2.05) is 13.1 Å². The van der Waals surface area contributed by atoms with Crippen molar-refractivity contribution in [2.24, 2.45) is 13.0 Å². The summed E-state index contributed by atoms with van der Waals surface area (Å²) in [5, 5.41) is 9.94. The summed E-state index contributed by atoms with van der Waals surface area (Å²) >= 11 is 0. The summed E-state index contributed by atoms with van der Waals surface area (Å²) in [6.45, 7) is 2.29. The SMILES string of the molecule is COc1cc(C=O)cc2nc(-c3cccc([Si@]4(c5nncn5C)C[C@@H](C)C4)c3)oc12. The van der Waals surface area contributed by atoms with Crippen LogP contribution in [0.25, 0.3) is 22.6 Å². The Morgan fingerprint density at radius 1 is 1.27 bits per heavy atom. The molecule has 8 heteroatoms. The zero-order valence-electron chi connectivity index (χ0n) is 17.1. The Hall–Kier alpha value is -3.26. The van der Waals surface area contributed by atoms with E-state index in [1.165, 1.54) is 5.19 Å². The molecule has 0 saturated carbocycles. The monoisotopic (exact) mass is 418 g/mol. The molecule has 7 nitrogen and oxygen atoms in total. The van der Waals surface area contributed by atoms with Gasteiger partial charge >= 0.3 is 0 Å². The number of aldehydes is 1. The largest absolute Gasteiger partial charge is 0.493 e. The molecule has 2 aromatic heterocycles. The van der Waals surface area contributed by atoms with Crippen LogP contribution in [0, 0.1) is 5.92 Å². The van der Waals surface area contributed by atoms with E-state index in [9.17, 15) is 4.79 Å². The standard InChI is InChI=1S/C22H22N4O3Si/c1-14-11-30(12-14,22-25-23-13-26(22)2)17-6-4-5-16(9-17)21-24-18-7-15(10-27)8-19(28-3)20(18)29-21/h4-10,13-14H,11-12H2,1-3H3/t14-,30+. The molecule has 2 aromatic carbocycles. The van der Waals surface area contributed by atoms with Crippen molar-refractivity contribution in [3.05, 3.63) is 48.3 Å². The zero-order chi connectivity index (χ0) is 20.9. The van der Waals surface area contributed by atoms with Crippen LogP contribution in [0.3, 0.4) is 0 Å². The molecule has 1 saturated heterocycles. The van der Waals surface area contributed by atoms with Gasteiger partial charge in [0.1, 0.15) is 23.6 Å². The van der Waals surface area contributed by atoms with Crippen molar-refractivity contribution in [3.63, 3.8) is 0 Å². The molecule has 0 bridgehead atoms. The molecule has 4 aromatic rings. The lowest BCUT2D eigenvalue weighted by molar-refractivity contribution is 0.112. The Balaban J connectivity index is 1.62. The Morgan fingerprint density at radius 2 is 2.10 bits per heavy atom. The number of nitrogens with zero attached hydrogens (tertiary/aromatic N) is 4. The van der Waals surface area contributed by atoms with Gasteiger partial charge in [0.2, 0.25) is 5.89 Å². The molecule has 0 spiro atoms. The molecule has 1 fully saturated rings. The average Bonchev–Trinajstić information content (AvgIpc) is 3.36. The van der Waals surface area contributed by atoms with Crippen LogP contribution in [-0.4, -0.2) is 41.2 Å². The first-order valence-corrected chi connectivity index (χ1v) is 12.3. The lowest BCUT2D eigenvalue weighted by Crippen LogP contribution is -2.68. The summed E-state index contributed by atoms with van der Waals surface area (Å²) in [7, 11) is 1.64. The Kier molecular flexibility index (Phi) is 4.32. The average molecular weight is 419 g/mol. The van der Waals surface area contributed by atoms with Crippen LogP contribution in [-0.2, 0) is 7.05 Å². The second-order valence-electron chi connectivity index (χ2n) is 8.15. The van der Waals surface area contributed by atoms with E-state index in [0.717, 1.165) is 29.4 Å². The van der Waals surface area contributed by atoms with Gasteiger partial charge in [-0.25, -0.2) is 4.98 Å². The number of fused-ring (bicyclic) bond motifs is 1. The van der Waals surface area contributed by atoms with Gasteiger partial charge in [-0.3, -0.25) is 4.79 Å². The molecular formula is C22H22N4O3Si. The minimum Gasteiger partial charge on any atom is -0.493 e. The lowest BCUT2D eigenvalue weighted by Gasteiger charge is -2.43. The van der Waals surface area contributed by atoms with Crippen molar-refractivity contribution in [1.82, 2.24) is 19.7 Å². The number of aryl methyl sites for hydroxylation is 1. The summed E-state index contributed by atoms with van der Waals surface area (Å²) in [5.74, 6) is 1.71. The normalized spacial score (nSPS) is 20.8. The molecule has 3 heterocycles. The summed E-state index contributed by atoms with van der Waals surface area (Å²) in [4.78, 5) is 15.9. The summed E-state index contributed by atoms with van der Waals surface area (Å²) < 4.78 is 13.5. The van der Waals surface area contributed by atoms with Gasteiger partial charge in [-0.15, -0.1) is 10.2 Å². The molecule has 0 amide bonds. The van der Waals surface area contributed by atoms with Gasteiger partial charge in [-0.05, 0) is 47.5 Å². The molecule has 1 aliphatic rings. The van der Waals surface area contributed by atoms with Crippen molar-refractivity contribution >= 4 is 36.1 Å². The Labute approximate surface area is 174 Å². The van der Waals surface area contributed by atoms with E-state index in [-0.39, 0.29) is 0 Å². The maximum Gasteiger partial charge on any atom is 0.227 e. The number of ether oxygens (including phenoxy) is 1. The van der Waals surface area contributed by atoms with Gasteiger partial charge in [0, 0.05) is 18.2 Å². The van der Waals surface area contributed by atoms with Crippen molar-refractivity contribution in [2.45, 2.75) is 19.0 Å². The first kappa shape index (κ1) is 18.7. The fraction of sp³-hybridized carbons (Fsp3) is 0.273. The predicted molar refractivity (Wildman–Crippen MR) is 116 cm³/mol. The molecule has 30 heavy (non-hydrogen) atoms. The first-order valence-electron chi connectivity index (χ1n) is 9.93. The highest BCUT2D eigenvalue weighted by molar-refractivity contribution is 7.03. The molecule has 0 unspecified atom stereocenters. The third-order valence-corrected chi connectivity index (χ3v) is 11.5. The van der Waals surface area contributed by atoms with Crippen molar-refractivity contribution in [3.8, 4) is 17.2 Å². The van der Waals surface area contributed by atoms with E-state index >= 15 is 0 Å². The van der Waals surface area contributed by atoms with Crippen molar-refractivity contribution in [1.29, 1.82) is 0 Å². The van der Waals surface area contributed by atoms with E-state index in [4.69, 9.17) is 9.15 Å². The molecule has 5 rings (SSSR count). The second-order valence-corrected chi connectivity index (χ2v) is 12.2. The van der Waals surface area contributed by atoms with Crippen LogP contribution in [0.15, 0.2) is 47.1 Å². The predicted octanol–water partition coefficient (Wildman–Crippen LogP) is 2.66. The maximum absolute atomic E-state index is 11.2. The van der Waals surface area contributed by atoms with Crippen LogP contribution in [0.1, 0.15) is 17.3 Å².